The number of hydrogen-bond donors (Lipinski definition) is 0. The van der Waals surface area contributed by atoms with Crippen molar-refractivity contribution in [2.75, 3.05) is 0 Å². The van der Waals surface area contributed by atoms with E-state index in [1.165, 1.54) is 0 Å². The fraction of sp³-hybridized carbons (Fsp3) is 0.750. The van der Waals surface area contributed by atoms with Gasteiger partial charge < -0.3 is 4.65 Å². The molecular weight excluding hydrogens is 199 g/mol. The summed E-state index contributed by atoms with van der Waals surface area (Å²) in [6.07, 6.45) is 3.87. The van der Waals surface area contributed by atoms with Gasteiger partial charge in [-0.2, -0.15) is 5.10 Å². The van der Waals surface area contributed by atoms with Crippen molar-refractivity contribution in [1.82, 2.24) is 9.78 Å². The summed E-state index contributed by atoms with van der Waals surface area (Å²) in [5.41, 5.74) is 1.07. The Kier molecular flexibility index (Phi) is 3.53. The molecule has 0 saturated carbocycles. The van der Waals surface area contributed by atoms with E-state index >= 15 is 0 Å². The Morgan fingerprint density at radius 2 is 1.81 bits per heavy atom. The van der Waals surface area contributed by atoms with Gasteiger partial charge in [0.1, 0.15) is 0 Å². The van der Waals surface area contributed by atoms with Crippen LogP contribution in [0.2, 0.25) is 6.82 Å². The van der Waals surface area contributed by atoms with Crippen LogP contribution in [0, 0.1) is 5.41 Å². The molecule has 0 radical (unpaired) electrons. The molecule has 90 valence electrons. The van der Waals surface area contributed by atoms with Crippen molar-refractivity contribution in [2.45, 2.75) is 47.0 Å². The molecule has 4 heteroatoms. The molecule has 1 rings (SSSR count). The van der Waals surface area contributed by atoms with E-state index in [-0.39, 0.29) is 17.9 Å². The van der Waals surface area contributed by atoms with Gasteiger partial charge >= 0.3 is 6.92 Å². The van der Waals surface area contributed by atoms with Crippen LogP contribution in [0.25, 0.3) is 0 Å². The third-order valence-corrected chi connectivity index (χ3v) is 3.47. The van der Waals surface area contributed by atoms with Crippen LogP contribution in [0.3, 0.4) is 0 Å². The lowest BCUT2D eigenvalue weighted by atomic mass is 9.63. The summed E-state index contributed by atoms with van der Waals surface area (Å²) >= 11 is 0. The van der Waals surface area contributed by atoms with Crippen LogP contribution in [0.15, 0.2) is 12.4 Å². The van der Waals surface area contributed by atoms with Gasteiger partial charge in [0, 0.05) is 19.4 Å². The van der Waals surface area contributed by atoms with E-state index < -0.39 is 0 Å². The van der Waals surface area contributed by atoms with Crippen molar-refractivity contribution in [3.63, 3.8) is 0 Å². The molecule has 1 aromatic rings. The lowest BCUT2D eigenvalue weighted by Gasteiger charge is -2.40. The van der Waals surface area contributed by atoms with Crippen molar-refractivity contribution >= 4 is 12.4 Å². The highest BCUT2D eigenvalue weighted by atomic mass is 16.5. The van der Waals surface area contributed by atoms with E-state index in [9.17, 15) is 0 Å². The summed E-state index contributed by atoms with van der Waals surface area (Å²) in [4.78, 5) is 0. The normalized spacial score (nSPS) is 12.9. The highest BCUT2D eigenvalue weighted by molar-refractivity contribution is 6.66. The van der Waals surface area contributed by atoms with Gasteiger partial charge in [-0.3, -0.25) is 4.68 Å². The SMILES string of the molecule is CB(OC(C)(C)C(C)(C)C)c1cnn(C)c1. The fourth-order valence-electron chi connectivity index (χ4n) is 1.34. The molecule has 0 aliphatic carbocycles. The van der Waals surface area contributed by atoms with Gasteiger partial charge in [-0.25, -0.2) is 0 Å². The van der Waals surface area contributed by atoms with Crippen molar-refractivity contribution in [1.29, 1.82) is 0 Å². The molecular formula is C12H23BN2O. The van der Waals surface area contributed by atoms with E-state index in [2.05, 4.69) is 46.5 Å². The summed E-state index contributed by atoms with van der Waals surface area (Å²) in [6.45, 7) is 13.0. The summed E-state index contributed by atoms with van der Waals surface area (Å²) in [5, 5.41) is 4.17. The van der Waals surface area contributed by atoms with Gasteiger partial charge in [0.05, 0.1) is 5.60 Å². The van der Waals surface area contributed by atoms with Crippen LogP contribution >= 0.6 is 0 Å². The second-order valence-corrected chi connectivity index (χ2v) is 5.97. The summed E-state index contributed by atoms with van der Waals surface area (Å²) < 4.78 is 7.95. The van der Waals surface area contributed by atoms with Gasteiger partial charge in [0.25, 0.3) is 0 Å². The first-order chi connectivity index (χ1) is 7.13. The molecule has 1 aromatic heterocycles. The summed E-state index contributed by atoms with van der Waals surface area (Å²) in [5.74, 6) is 0. The molecule has 0 N–H and O–H groups in total. The van der Waals surface area contributed by atoms with Crippen LogP contribution in [0.5, 0.6) is 0 Å². The average molecular weight is 222 g/mol. The fourth-order valence-corrected chi connectivity index (χ4v) is 1.34. The number of hydrogen-bond acceptors (Lipinski definition) is 2. The predicted octanol–water partition coefficient (Wildman–Crippen LogP) is 2.09. The Morgan fingerprint density at radius 3 is 2.19 bits per heavy atom. The third-order valence-electron chi connectivity index (χ3n) is 3.47. The lowest BCUT2D eigenvalue weighted by molar-refractivity contribution is 0.000448. The maximum atomic E-state index is 6.15. The Bertz CT molecular complexity index is 352. The molecule has 0 amide bonds. The van der Waals surface area contributed by atoms with E-state index in [1.54, 1.807) is 4.68 Å². The number of aromatic nitrogens is 2. The van der Waals surface area contributed by atoms with E-state index in [4.69, 9.17) is 4.65 Å². The second-order valence-electron chi connectivity index (χ2n) is 5.97. The van der Waals surface area contributed by atoms with E-state index in [0.717, 1.165) is 5.46 Å². The molecule has 0 saturated heterocycles. The van der Waals surface area contributed by atoms with Crippen molar-refractivity contribution < 1.29 is 4.65 Å². The number of rotatable bonds is 3. The molecule has 3 nitrogen and oxygen atoms in total. The van der Waals surface area contributed by atoms with Gasteiger partial charge in [0.2, 0.25) is 0 Å². The Morgan fingerprint density at radius 1 is 1.25 bits per heavy atom. The molecule has 0 fully saturated rings. The first-order valence-corrected chi connectivity index (χ1v) is 5.80. The van der Waals surface area contributed by atoms with Gasteiger partial charge in [0.15, 0.2) is 0 Å². The Hall–Kier alpha value is -0.765. The maximum Gasteiger partial charge on any atom is 0.327 e. The van der Waals surface area contributed by atoms with Gasteiger partial charge in [-0.05, 0) is 24.7 Å². The van der Waals surface area contributed by atoms with Crippen molar-refractivity contribution in [3.05, 3.63) is 12.4 Å². The smallest absolute Gasteiger partial charge is 0.327 e. The average Bonchev–Trinajstić information content (AvgIpc) is 2.48. The molecule has 0 unspecified atom stereocenters. The zero-order chi connectivity index (χ0) is 12.6. The number of aryl methyl sites for hydroxylation is 1. The summed E-state index contributed by atoms with van der Waals surface area (Å²) in [7, 11) is 1.92. The van der Waals surface area contributed by atoms with Crippen LogP contribution in [0.1, 0.15) is 34.6 Å². The van der Waals surface area contributed by atoms with E-state index in [1.807, 2.05) is 19.4 Å². The lowest BCUT2D eigenvalue weighted by Crippen LogP contribution is -2.46. The highest BCUT2D eigenvalue weighted by Gasteiger charge is 2.36. The standard InChI is InChI=1S/C12H23BN2O/c1-11(2,3)12(4,5)16-13(6)10-8-14-15(7)9-10/h8-9H,1-7H3. The minimum absolute atomic E-state index is 0.0722. The quantitative estimate of drug-likeness (QED) is 0.732. The largest absolute Gasteiger partial charge is 0.426 e. The first-order valence-electron chi connectivity index (χ1n) is 5.80. The molecule has 0 aromatic carbocycles. The molecule has 0 spiro atoms. The zero-order valence-electron chi connectivity index (χ0n) is 11.5. The monoisotopic (exact) mass is 222 g/mol. The highest BCUT2D eigenvalue weighted by Crippen LogP contribution is 2.33. The minimum atomic E-state index is -0.164. The molecule has 0 aliphatic heterocycles. The molecule has 1 heterocycles. The Labute approximate surface area is 99.3 Å². The zero-order valence-corrected chi connectivity index (χ0v) is 11.5. The van der Waals surface area contributed by atoms with Crippen LogP contribution < -0.4 is 5.46 Å². The van der Waals surface area contributed by atoms with Crippen LogP contribution in [-0.2, 0) is 11.7 Å². The van der Waals surface area contributed by atoms with Crippen LogP contribution in [0.4, 0.5) is 0 Å². The third kappa shape index (κ3) is 2.88. The number of nitrogens with zero attached hydrogens (tertiary/aromatic N) is 2. The van der Waals surface area contributed by atoms with Crippen molar-refractivity contribution in [2.24, 2.45) is 12.5 Å². The predicted molar refractivity (Wildman–Crippen MR) is 69.1 cm³/mol. The topological polar surface area (TPSA) is 27.1 Å². The minimum Gasteiger partial charge on any atom is -0.426 e. The van der Waals surface area contributed by atoms with Crippen LogP contribution in [-0.4, -0.2) is 22.3 Å². The molecule has 0 bridgehead atoms. The van der Waals surface area contributed by atoms with E-state index in [0.29, 0.717) is 0 Å². The maximum absolute atomic E-state index is 6.15. The second kappa shape index (κ2) is 4.25. The van der Waals surface area contributed by atoms with Gasteiger partial charge in [-0.1, -0.05) is 27.6 Å². The Balaban J connectivity index is 2.75. The molecule has 0 aliphatic rings. The van der Waals surface area contributed by atoms with Crippen molar-refractivity contribution in [3.8, 4) is 0 Å². The first kappa shape index (κ1) is 13.3. The summed E-state index contributed by atoms with van der Waals surface area (Å²) in [6, 6.07) is 0. The van der Waals surface area contributed by atoms with Gasteiger partial charge in [-0.15, -0.1) is 0 Å². The molecule has 16 heavy (non-hydrogen) atoms. The molecule has 0 atom stereocenters.